The highest BCUT2D eigenvalue weighted by Gasteiger charge is 2.31. The predicted molar refractivity (Wildman–Crippen MR) is 100 cm³/mol. The Balaban J connectivity index is 1.95. The van der Waals surface area contributed by atoms with Crippen molar-refractivity contribution in [3.05, 3.63) is 80.5 Å². The fourth-order valence-corrected chi connectivity index (χ4v) is 2.97. The first-order valence-electron chi connectivity index (χ1n) is 7.95. The monoisotopic (exact) mass is 386 g/mol. The van der Waals surface area contributed by atoms with Crippen LogP contribution in [-0.4, -0.2) is 16.9 Å². The molecule has 1 aliphatic rings. The van der Waals surface area contributed by atoms with E-state index in [4.69, 9.17) is 11.6 Å². The Morgan fingerprint density at radius 2 is 1.85 bits per heavy atom. The zero-order chi connectivity index (χ0) is 19.6. The summed E-state index contributed by atoms with van der Waals surface area (Å²) in [6, 6.07) is 11.2. The smallest absolute Gasteiger partial charge is 0.319 e. The minimum Gasteiger partial charge on any atom is -0.327 e. The van der Waals surface area contributed by atoms with E-state index >= 15 is 0 Å². The van der Waals surface area contributed by atoms with Gasteiger partial charge in [0.2, 0.25) is 0 Å². The second-order valence-corrected chi connectivity index (χ2v) is 6.26. The molecule has 8 nitrogen and oxygen atoms in total. The summed E-state index contributed by atoms with van der Waals surface area (Å²) in [5.41, 5.74) is 1.56. The van der Waals surface area contributed by atoms with Crippen LogP contribution in [0.2, 0.25) is 5.02 Å². The molecule has 27 heavy (non-hydrogen) atoms. The average molecular weight is 387 g/mol. The molecule has 0 bridgehead atoms. The lowest BCUT2D eigenvalue weighted by Crippen LogP contribution is -2.45. The van der Waals surface area contributed by atoms with Gasteiger partial charge in [-0.3, -0.25) is 14.9 Å². The van der Waals surface area contributed by atoms with Gasteiger partial charge in [0.1, 0.15) is 0 Å². The SMILES string of the molecule is CC1=C(C(=O)Nc2ccccc2Cl)C(c2ccc([N+](=O)[O-])cc2)NC(=O)N1. The highest BCUT2D eigenvalue weighted by molar-refractivity contribution is 6.33. The summed E-state index contributed by atoms with van der Waals surface area (Å²) in [5.74, 6) is -0.448. The number of hydrogen-bond donors (Lipinski definition) is 3. The number of para-hydroxylation sites is 1. The average Bonchev–Trinajstić information content (AvgIpc) is 2.63. The number of carbonyl (C=O) groups excluding carboxylic acids is 2. The Morgan fingerprint density at radius 3 is 2.48 bits per heavy atom. The molecule has 0 radical (unpaired) electrons. The molecule has 2 aromatic rings. The Labute approximate surface area is 159 Å². The molecular formula is C18H15ClN4O4. The first-order valence-corrected chi connectivity index (χ1v) is 8.33. The molecule has 9 heteroatoms. The standard InChI is InChI=1S/C18H15ClN4O4/c1-10-15(17(24)21-14-5-3-2-4-13(14)19)16(22-18(25)20-10)11-6-8-12(9-7-11)23(26)27/h2-9,16H,1H3,(H,21,24)(H2,20,22,25). The molecule has 0 saturated carbocycles. The van der Waals surface area contributed by atoms with E-state index in [0.29, 0.717) is 22.0 Å². The number of carbonyl (C=O) groups is 2. The number of rotatable bonds is 4. The normalized spacial score (nSPS) is 16.4. The lowest BCUT2D eigenvalue weighted by molar-refractivity contribution is -0.384. The minimum absolute atomic E-state index is 0.0817. The van der Waals surface area contributed by atoms with E-state index in [9.17, 15) is 19.7 Å². The second kappa shape index (κ2) is 7.46. The van der Waals surface area contributed by atoms with Gasteiger partial charge in [-0.05, 0) is 36.8 Å². The molecule has 1 unspecified atom stereocenters. The third kappa shape index (κ3) is 3.90. The maximum atomic E-state index is 12.9. The van der Waals surface area contributed by atoms with E-state index in [1.807, 2.05) is 0 Å². The van der Waals surface area contributed by atoms with E-state index in [0.717, 1.165) is 0 Å². The summed E-state index contributed by atoms with van der Waals surface area (Å²) in [7, 11) is 0. The number of nitro benzene ring substituents is 1. The van der Waals surface area contributed by atoms with E-state index < -0.39 is 22.9 Å². The van der Waals surface area contributed by atoms with Crippen molar-refractivity contribution in [2.24, 2.45) is 0 Å². The molecule has 0 saturated heterocycles. The molecule has 3 N–H and O–H groups in total. The van der Waals surface area contributed by atoms with Crippen LogP contribution in [0, 0.1) is 10.1 Å². The van der Waals surface area contributed by atoms with Crippen LogP contribution in [0.15, 0.2) is 59.8 Å². The zero-order valence-corrected chi connectivity index (χ0v) is 14.9. The molecule has 0 aromatic heterocycles. The van der Waals surface area contributed by atoms with Crippen molar-refractivity contribution in [2.45, 2.75) is 13.0 Å². The van der Waals surface area contributed by atoms with Crippen molar-refractivity contribution in [1.82, 2.24) is 10.6 Å². The van der Waals surface area contributed by atoms with Crippen LogP contribution in [0.4, 0.5) is 16.2 Å². The number of urea groups is 1. The third-order valence-corrected chi connectivity index (χ3v) is 4.40. The van der Waals surface area contributed by atoms with Crippen molar-refractivity contribution >= 4 is 34.9 Å². The maximum Gasteiger partial charge on any atom is 0.319 e. The largest absolute Gasteiger partial charge is 0.327 e. The fourth-order valence-electron chi connectivity index (χ4n) is 2.79. The van der Waals surface area contributed by atoms with Crippen LogP contribution in [0.3, 0.4) is 0 Å². The van der Waals surface area contributed by atoms with Gasteiger partial charge in [0.25, 0.3) is 11.6 Å². The zero-order valence-electron chi connectivity index (χ0n) is 14.2. The molecule has 2 aromatic carbocycles. The molecule has 1 atom stereocenters. The van der Waals surface area contributed by atoms with Gasteiger partial charge in [0.05, 0.1) is 27.2 Å². The molecule has 3 amide bonds. The highest BCUT2D eigenvalue weighted by Crippen LogP contribution is 2.30. The number of benzene rings is 2. The van der Waals surface area contributed by atoms with Crippen LogP contribution in [0.5, 0.6) is 0 Å². The van der Waals surface area contributed by atoms with Crippen LogP contribution in [-0.2, 0) is 4.79 Å². The van der Waals surface area contributed by atoms with Gasteiger partial charge in [-0.15, -0.1) is 0 Å². The number of amides is 3. The third-order valence-electron chi connectivity index (χ3n) is 4.07. The molecule has 0 aliphatic carbocycles. The fraction of sp³-hybridized carbons (Fsp3) is 0.111. The summed E-state index contributed by atoms with van der Waals surface area (Å²) >= 11 is 6.09. The van der Waals surface area contributed by atoms with Gasteiger partial charge in [-0.2, -0.15) is 0 Å². The van der Waals surface area contributed by atoms with Gasteiger partial charge in [-0.1, -0.05) is 23.7 Å². The number of anilines is 1. The minimum atomic E-state index is -0.762. The molecule has 1 aliphatic heterocycles. The van der Waals surface area contributed by atoms with Crippen molar-refractivity contribution in [3.8, 4) is 0 Å². The van der Waals surface area contributed by atoms with Crippen LogP contribution >= 0.6 is 11.6 Å². The molecule has 1 heterocycles. The van der Waals surface area contributed by atoms with E-state index in [1.165, 1.54) is 24.3 Å². The van der Waals surface area contributed by atoms with Gasteiger partial charge < -0.3 is 16.0 Å². The van der Waals surface area contributed by atoms with Crippen LogP contribution in [0.1, 0.15) is 18.5 Å². The topological polar surface area (TPSA) is 113 Å². The Bertz CT molecular complexity index is 956. The number of allylic oxidation sites excluding steroid dienone is 1. The Morgan fingerprint density at radius 1 is 1.19 bits per heavy atom. The quantitative estimate of drug-likeness (QED) is 0.551. The maximum absolute atomic E-state index is 12.9. The molecule has 0 spiro atoms. The molecular weight excluding hydrogens is 372 g/mol. The van der Waals surface area contributed by atoms with Gasteiger partial charge >= 0.3 is 6.03 Å². The lowest BCUT2D eigenvalue weighted by Gasteiger charge is -2.28. The van der Waals surface area contributed by atoms with Crippen molar-refractivity contribution in [3.63, 3.8) is 0 Å². The van der Waals surface area contributed by atoms with Crippen molar-refractivity contribution < 1.29 is 14.5 Å². The highest BCUT2D eigenvalue weighted by atomic mass is 35.5. The second-order valence-electron chi connectivity index (χ2n) is 5.85. The first kappa shape index (κ1) is 18.4. The number of nitro groups is 1. The summed E-state index contributed by atoms with van der Waals surface area (Å²) < 4.78 is 0. The van der Waals surface area contributed by atoms with Crippen molar-refractivity contribution in [1.29, 1.82) is 0 Å². The summed E-state index contributed by atoms with van der Waals surface area (Å²) in [6.07, 6.45) is 0. The van der Waals surface area contributed by atoms with Gasteiger partial charge in [0, 0.05) is 17.8 Å². The number of nitrogens with zero attached hydrogens (tertiary/aromatic N) is 1. The number of hydrogen-bond acceptors (Lipinski definition) is 4. The van der Waals surface area contributed by atoms with Crippen LogP contribution in [0.25, 0.3) is 0 Å². The number of nitrogens with one attached hydrogen (secondary N) is 3. The van der Waals surface area contributed by atoms with Crippen molar-refractivity contribution in [2.75, 3.05) is 5.32 Å². The van der Waals surface area contributed by atoms with Gasteiger partial charge in [0.15, 0.2) is 0 Å². The van der Waals surface area contributed by atoms with E-state index in [2.05, 4.69) is 16.0 Å². The molecule has 0 fully saturated rings. The lowest BCUT2D eigenvalue weighted by atomic mass is 9.94. The number of non-ortho nitro benzene ring substituents is 1. The summed E-state index contributed by atoms with van der Waals surface area (Å²) in [6.45, 7) is 1.61. The van der Waals surface area contributed by atoms with E-state index in [1.54, 1.807) is 31.2 Å². The van der Waals surface area contributed by atoms with Crippen LogP contribution < -0.4 is 16.0 Å². The summed E-state index contributed by atoms with van der Waals surface area (Å²) in [4.78, 5) is 35.1. The molecule has 3 rings (SSSR count). The predicted octanol–water partition coefficient (Wildman–Crippen LogP) is 3.51. The summed E-state index contributed by atoms with van der Waals surface area (Å²) in [5, 5.41) is 19.2. The van der Waals surface area contributed by atoms with Gasteiger partial charge in [-0.25, -0.2) is 4.79 Å². The number of halogens is 1. The Kier molecular flexibility index (Phi) is 5.09. The van der Waals surface area contributed by atoms with E-state index in [-0.39, 0.29) is 11.3 Å². The Hall–Kier alpha value is -3.39. The molecule has 138 valence electrons. The first-order chi connectivity index (χ1) is 12.9.